The molecule has 4 nitrogen and oxygen atoms in total. The Morgan fingerprint density at radius 2 is 2.05 bits per heavy atom. The lowest BCUT2D eigenvalue weighted by molar-refractivity contribution is 0.163. The lowest BCUT2D eigenvalue weighted by atomic mass is 10.3. The molecule has 1 aromatic carbocycles. The fraction of sp³-hybridized carbons (Fsp3) is 0.357. The van der Waals surface area contributed by atoms with Crippen molar-refractivity contribution in [2.75, 3.05) is 19.0 Å². The third kappa shape index (κ3) is 3.36. The maximum Gasteiger partial charge on any atom is 0.207 e. The summed E-state index contributed by atoms with van der Waals surface area (Å²) in [7, 11) is 1.56. The molecule has 0 aliphatic rings. The van der Waals surface area contributed by atoms with Crippen LogP contribution in [0.25, 0.3) is 0 Å². The van der Waals surface area contributed by atoms with E-state index in [1.165, 1.54) is 0 Å². The van der Waals surface area contributed by atoms with Crippen molar-refractivity contribution in [3.8, 4) is 0 Å². The Bertz CT molecular complexity index is 643. The first-order chi connectivity index (χ1) is 9.92. The van der Waals surface area contributed by atoms with Gasteiger partial charge in [0, 0.05) is 25.4 Å². The highest BCUT2D eigenvalue weighted by Gasteiger charge is 2.16. The Morgan fingerprint density at radius 3 is 2.71 bits per heavy atom. The summed E-state index contributed by atoms with van der Waals surface area (Å²) in [6, 6.07) is 1.31. The largest absolute Gasteiger partial charge is 0.383 e. The fourth-order valence-electron chi connectivity index (χ4n) is 2.03. The number of hydrogen-bond donors (Lipinski definition) is 1. The molecule has 0 saturated heterocycles. The van der Waals surface area contributed by atoms with Crippen molar-refractivity contribution in [3.63, 3.8) is 0 Å². The molecule has 114 valence electrons. The minimum atomic E-state index is -1.25. The molecule has 7 heteroatoms. The molecule has 2 rings (SSSR count). The highest BCUT2D eigenvalue weighted by atomic mass is 19.2. The highest BCUT2D eigenvalue weighted by Crippen LogP contribution is 2.25. The Balaban J connectivity index is 2.36. The van der Waals surface area contributed by atoms with E-state index >= 15 is 0 Å². The number of aromatic nitrogens is 2. The summed E-state index contributed by atoms with van der Waals surface area (Å²) in [5, 5.41) is 2.62. The van der Waals surface area contributed by atoms with E-state index in [2.05, 4.69) is 10.3 Å². The van der Waals surface area contributed by atoms with Gasteiger partial charge in [-0.2, -0.15) is 0 Å². The van der Waals surface area contributed by atoms with Gasteiger partial charge in [-0.25, -0.2) is 18.2 Å². The number of halogens is 3. The minimum Gasteiger partial charge on any atom is -0.383 e. The van der Waals surface area contributed by atoms with Crippen molar-refractivity contribution < 1.29 is 17.9 Å². The van der Waals surface area contributed by atoms with Crippen molar-refractivity contribution in [2.24, 2.45) is 0 Å². The fourth-order valence-corrected chi connectivity index (χ4v) is 2.03. The quantitative estimate of drug-likeness (QED) is 0.858. The van der Waals surface area contributed by atoms with Gasteiger partial charge in [0.05, 0.1) is 24.0 Å². The summed E-state index contributed by atoms with van der Waals surface area (Å²) in [5.74, 6) is -2.97. The molecule has 1 heterocycles. The van der Waals surface area contributed by atoms with Crippen LogP contribution in [0.2, 0.25) is 0 Å². The van der Waals surface area contributed by atoms with E-state index < -0.39 is 17.5 Å². The number of imidazole rings is 1. The van der Waals surface area contributed by atoms with E-state index in [9.17, 15) is 13.2 Å². The Morgan fingerprint density at radius 1 is 1.33 bits per heavy atom. The van der Waals surface area contributed by atoms with Crippen molar-refractivity contribution in [1.82, 2.24) is 9.55 Å². The molecule has 1 unspecified atom stereocenters. The van der Waals surface area contributed by atoms with Crippen molar-refractivity contribution in [2.45, 2.75) is 19.9 Å². The molecule has 1 N–H and O–H groups in total. The number of nitrogens with one attached hydrogen (secondary N) is 1. The van der Waals surface area contributed by atoms with Crippen LogP contribution in [0, 0.1) is 24.4 Å². The molecule has 0 radical (unpaired) electrons. The zero-order chi connectivity index (χ0) is 15.6. The topological polar surface area (TPSA) is 39.1 Å². The molecule has 0 aliphatic carbocycles. The second kappa shape index (κ2) is 6.17. The van der Waals surface area contributed by atoms with E-state index in [0.717, 1.165) is 6.07 Å². The molecule has 1 aromatic heterocycles. The number of benzene rings is 1. The van der Waals surface area contributed by atoms with E-state index in [1.54, 1.807) is 24.8 Å². The van der Waals surface area contributed by atoms with Crippen LogP contribution in [-0.2, 0) is 4.74 Å². The van der Waals surface area contributed by atoms with Gasteiger partial charge in [0.15, 0.2) is 11.6 Å². The van der Waals surface area contributed by atoms with Gasteiger partial charge < -0.3 is 14.6 Å². The molecule has 0 fully saturated rings. The number of aryl methyl sites for hydroxylation is 1. The molecule has 0 amide bonds. The Kier molecular flexibility index (Phi) is 4.52. The number of ether oxygens (including phenoxy) is 1. The average molecular weight is 299 g/mol. The van der Waals surface area contributed by atoms with E-state index in [4.69, 9.17) is 4.74 Å². The molecule has 21 heavy (non-hydrogen) atoms. The first-order valence-electron chi connectivity index (χ1n) is 6.38. The molecular weight excluding hydrogens is 283 g/mol. The normalized spacial score (nSPS) is 12.5. The summed E-state index contributed by atoms with van der Waals surface area (Å²) < 4.78 is 46.9. The van der Waals surface area contributed by atoms with Gasteiger partial charge in [0.25, 0.3) is 0 Å². The Hall–Kier alpha value is -2.02. The first-order valence-corrected chi connectivity index (χ1v) is 6.38. The third-order valence-corrected chi connectivity index (χ3v) is 2.97. The smallest absolute Gasteiger partial charge is 0.207 e. The van der Waals surface area contributed by atoms with E-state index in [1.807, 2.05) is 6.92 Å². The second-order valence-electron chi connectivity index (χ2n) is 4.79. The van der Waals surface area contributed by atoms with E-state index in [0.29, 0.717) is 24.3 Å². The zero-order valence-corrected chi connectivity index (χ0v) is 12.0. The zero-order valence-electron chi connectivity index (χ0n) is 12.0. The maximum absolute atomic E-state index is 13.7. The summed E-state index contributed by atoms with van der Waals surface area (Å²) in [4.78, 5) is 4.19. The van der Waals surface area contributed by atoms with E-state index in [-0.39, 0.29) is 11.7 Å². The van der Waals surface area contributed by atoms with Crippen molar-refractivity contribution >= 4 is 11.6 Å². The van der Waals surface area contributed by atoms with Crippen LogP contribution in [0.15, 0.2) is 18.3 Å². The number of methoxy groups -OCH3 is 1. The van der Waals surface area contributed by atoms with Crippen molar-refractivity contribution in [3.05, 3.63) is 41.5 Å². The minimum absolute atomic E-state index is 0.0693. The molecule has 1 atom stereocenters. The highest BCUT2D eigenvalue weighted by molar-refractivity contribution is 5.55. The summed E-state index contributed by atoms with van der Waals surface area (Å²) >= 11 is 0. The van der Waals surface area contributed by atoms with Gasteiger partial charge in [-0.1, -0.05) is 0 Å². The van der Waals surface area contributed by atoms with Gasteiger partial charge in [-0.05, 0) is 13.8 Å². The van der Waals surface area contributed by atoms with Gasteiger partial charge in [0.1, 0.15) is 5.82 Å². The first kappa shape index (κ1) is 15.4. The van der Waals surface area contributed by atoms with Crippen LogP contribution >= 0.6 is 0 Å². The molecule has 0 bridgehead atoms. The third-order valence-electron chi connectivity index (χ3n) is 2.97. The molecular formula is C14H16F3N3O. The predicted molar refractivity (Wildman–Crippen MR) is 73.1 cm³/mol. The van der Waals surface area contributed by atoms with Crippen LogP contribution in [0.4, 0.5) is 24.8 Å². The summed E-state index contributed by atoms with van der Waals surface area (Å²) in [5.41, 5.74) is 0.390. The van der Waals surface area contributed by atoms with Crippen LogP contribution < -0.4 is 5.32 Å². The molecule has 0 aliphatic heterocycles. The molecule has 2 aromatic rings. The standard InChI is InChI=1S/C14H16F3N3O/c1-8-6-20(9(2)7-21-3)14(18-8)19-12-5-10(15)4-11(16)13(12)17/h4-6,9H,7H2,1-3H3,(H,18,19). The van der Waals surface area contributed by atoms with Gasteiger partial charge in [0.2, 0.25) is 5.95 Å². The number of anilines is 2. The van der Waals surface area contributed by atoms with Gasteiger partial charge >= 0.3 is 0 Å². The van der Waals surface area contributed by atoms with Crippen LogP contribution in [0.3, 0.4) is 0 Å². The number of rotatable bonds is 5. The predicted octanol–water partition coefficient (Wildman–Crippen LogP) is 3.56. The summed E-state index contributed by atoms with van der Waals surface area (Å²) in [6.07, 6.45) is 1.75. The lowest BCUT2D eigenvalue weighted by Gasteiger charge is -2.16. The SMILES string of the molecule is COCC(C)n1cc(C)nc1Nc1cc(F)cc(F)c1F. The average Bonchev–Trinajstić information content (AvgIpc) is 2.76. The maximum atomic E-state index is 13.7. The second-order valence-corrected chi connectivity index (χ2v) is 4.79. The lowest BCUT2D eigenvalue weighted by Crippen LogP contribution is -2.13. The number of nitrogens with zero attached hydrogens (tertiary/aromatic N) is 2. The monoisotopic (exact) mass is 299 g/mol. The number of hydrogen-bond acceptors (Lipinski definition) is 3. The molecule has 0 spiro atoms. The Labute approximate surface area is 120 Å². The van der Waals surface area contributed by atoms with Crippen LogP contribution in [-0.4, -0.2) is 23.3 Å². The van der Waals surface area contributed by atoms with Crippen molar-refractivity contribution in [1.29, 1.82) is 0 Å². The van der Waals surface area contributed by atoms with Gasteiger partial charge in [-0.3, -0.25) is 0 Å². The van der Waals surface area contributed by atoms with Crippen LogP contribution in [0.1, 0.15) is 18.7 Å². The van der Waals surface area contributed by atoms with Crippen LogP contribution in [0.5, 0.6) is 0 Å². The van der Waals surface area contributed by atoms with Gasteiger partial charge in [-0.15, -0.1) is 0 Å². The summed E-state index contributed by atoms with van der Waals surface area (Å²) in [6.45, 7) is 4.08. The molecule has 0 saturated carbocycles.